The second-order valence-electron chi connectivity index (χ2n) is 9.31. The molecule has 0 spiro atoms. The normalized spacial score (nSPS) is 28.5. The molecule has 4 aliphatic rings. The molecule has 0 saturated carbocycles. The molecule has 3 heterocycles. The van der Waals surface area contributed by atoms with Gasteiger partial charge in [0.2, 0.25) is 11.6 Å². The summed E-state index contributed by atoms with van der Waals surface area (Å²) in [6, 6.07) is 0.527. The van der Waals surface area contributed by atoms with Gasteiger partial charge in [-0.3, -0.25) is 9.59 Å². The molecule has 4 rings (SSSR count). The van der Waals surface area contributed by atoms with Gasteiger partial charge in [0, 0.05) is 56.7 Å². The second kappa shape index (κ2) is 10.8. The van der Waals surface area contributed by atoms with Crippen molar-refractivity contribution in [1.82, 2.24) is 10.2 Å². The Morgan fingerprint density at radius 1 is 1.14 bits per heavy atom. The van der Waals surface area contributed by atoms with E-state index in [2.05, 4.69) is 5.32 Å². The number of carbonyl (C=O) groups is 3. The number of nitrogens with zero attached hydrogens (tertiary/aromatic N) is 1. The minimum Gasteiger partial charge on any atom is -0.489 e. The molecule has 1 aliphatic carbocycles. The van der Waals surface area contributed by atoms with E-state index >= 15 is 0 Å². The fourth-order valence-electron chi connectivity index (χ4n) is 5.91. The molecule has 2 saturated heterocycles. The summed E-state index contributed by atoms with van der Waals surface area (Å²) >= 11 is 0. The number of hydrogen-bond donors (Lipinski definition) is 2. The summed E-state index contributed by atoms with van der Waals surface area (Å²) in [6.45, 7) is 9.13. The summed E-state index contributed by atoms with van der Waals surface area (Å²) in [7, 11) is -1.33. The van der Waals surface area contributed by atoms with E-state index in [1.54, 1.807) is 6.92 Å². The molecule has 3 N–H and O–H groups in total. The van der Waals surface area contributed by atoms with E-state index in [1.807, 2.05) is 25.7 Å². The predicted molar refractivity (Wildman–Crippen MR) is 132 cm³/mol. The van der Waals surface area contributed by atoms with Crippen molar-refractivity contribution >= 4 is 26.5 Å². The number of amides is 1. The molecule has 2 fully saturated rings. The Morgan fingerprint density at radius 3 is 2.35 bits per heavy atom. The lowest BCUT2D eigenvalue weighted by molar-refractivity contribution is -0.137. The Bertz CT molecular complexity index is 998. The number of allylic oxidation sites excluding steroid dienone is 2. The number of rotatable bonds is 14. The van der Waals surface area contributed by atoms with Crippen LogP contribution >= 0.6 is 0 Å². The molecular weight excluding hydrogens is 502 g/mol. The monoisotopic (exact) mass is 539 g/mol. The topological polar surface area (TPSA) is 158 Å². The van der Waals surface area contributed by atoms with Gasteiger partial charge >= 0.3 is 14.9 Å². The lowest BCUT2D eigenvalue weighted by Gasteiger charge is -2.39. The fourth-order valence-corrected chi connectivity index (χ4v) is 8.49. The highest BCUT2D eigenvalue weighted by molar-refractivity contribution is 6.60. The molecule has 4 unspecified atom stereocenters. The van der Waals surface area contributed by atoms with E-state index in [9.17, 15) is 14.4 Å². The lowest BCUT2D eigenvalue weighted by Crippen LogP contribution is -2.55. The summed E-state index contributed by atoms with van der Waals surface area (Å²) < 4.78 is 34.7. The molecule has 4 atom stereocenters. The first-order valence-electron chi connectivity index (χ1n) is 12.8. The van der Waals surface area contributed by atoms with E-state index in [0.29, 0.717) is 44.5 Å². The number of nitrogens with one attached hydrogen (secondary N) is 1. The van der Waals surface area contributed by atoms with Crippen LogP contribution in [0.25, 0.3) is 0 Å². The first-order chi connectivity index (χ1) is 17.7. The number of methoxy groups -OCH3 is 1. The quantitative estimate of drug-likeness (QED) is 0.139. The van der Waals surface area contributed by atoms with Crippen molar-refractivity contribution in [3.8, 4) is 0 Å². The Balaban J connectivity index is 1.53. The molecule has 13 heteroatoms. The highest BCUT2D eigenvalue weighted by Crippen LogP contribution is 2.55. The van der Waals surface area contributed by atoms with Crippen LogP contribution in [0.1, 0.15) is 34.1 Å². The van der Waals surface area contributed by atoms with Crippen molar-refractivity contribution in [2.45, 2.75) is 58.0 Å². The summed E-state index contributed by atoms with van der Waals surface area (Å²) in [5.74, 6) is -1.41. The van der Waals surface area contributed by atoms with E-state index in [4.69, 9.17) is 33.2 Å². The van der Waals surface area contributed by atoms with Crippen molar-refractivity contribution in [3.63, 3.8) is 0 Å². The number of carbonyl (C=O) groups excluding carboxylic acids is 3. The molecular formula is C24H37N3O9Si. The van der Waals surface area contributed by atoms with Crippen LogP contribution in [0.3, 0.4) is 0 Å². The van der Waals surface area contributed by atoms with Gasteiger partial charge in [-0.1, -0.05) is 0 Å². The molecule has 3 aliphatic heterocycles. The van der Waals surface area contributed by atoms with Crippen LogP contribution in [0.2, 0.25) is 6.04 Å². The zero-order valence-corrected chi connectivity index (χ0v) is 23.1. The van der Waals surface area contributed by atoms with E-state index < -0.39 is 32.3 Å². The highest BCUT2D eigenvalue weighted by Gasteiger charge is 2.72. The summed E-state index contributed by atoms with van der Waals surface area (Å²) in [5, 5.41) is 3.33. The van der Waals surface area contributed by atoms with Gasteiger partial charge in [0.15, 0.2) is 11.5 Å². The number of ether oxygens (including phenoxy) is 3. The van der Waals surface area contributed by atoms with Crippen LogP contribution in [0.4, 0.5) is 4.79 Å². The number of nitrogens with two attached hydrogens (primary N) is 1. The maximum Gasteiger partial charge on any atom is 0.501 e. The number of hydrogen-bond acceptors (Lipinski definition) is 11. The predicted octanol–water partition coefficient (Wildman–Crippen LogP) is 0.845. The van der Waals surface area contributed by atoms with Gasteiger partial charge in [0.25, 0.3) is 0 Å². The number of ketones is 2. The van der Waals surface area contributed by atoms with Gasteiger partial charge in [-0.15, -0.1) is 0 Å². The summed E-state index contributed by atoms with van der Waals surface area (Å²) in [6.07, 6.45) is -0.458. The molecule has 0 radical (unpaired) electrons. The van der Waals surface area contributed by atoms with Crippen LogP contribution in [-0.2, 0) is 37.1 Å². The molecule has 0 aromatic carbocycles. The van der Waals surface area contributed by atoms with E-state index in [1.165, 1.54) is 7.11 Å². The molecule has 12 nitrogen and oxygen atoms in total. The van der Waals surface area contributed by atoms with Crippen LogP contribution in [-0.4, -0.2) is 95.9 Å². The molecule has 0 aromatic heterocycles. The van der Waals surface area contributed by atoms with Gasteiger partial charge in [-0.25, -0.2) is 4.79 Å². The summed E-state index contributed by atoms with van der Waals surface area (Å²) in [4.78, 5) is 40.7. The zero-order chi connectivity index (χ0) is 27.0. The number of fused-ring (bicyclic) bond motifs is 4. The SMILES string of the molecule is CCO[Si](CCCOC1=C(C)C(=O)C2=C(C1=O)C(COC(N)=O)C1(OC)C3NC3CN21)(OCC)OCC. The first-order valence-corrected chi connectivity index (χ1v) is 14.7. The third kappa shape index (κ3) is 4.61. The maximum absolute atomic E-state index is 13.8. The van der Waals surface area contributed by atoms with Crippen LogP contribution in [0.5, 0.6) is 0 Å². The second-order valence-corrected chi connectivity index (χ2v) is 12.0. The Morgan fingerprint density at radius 2 is 1.78 bits per heavy atom. The molecule has 0 aromatic rings. The third-order valence-electron chi connectivity index (χ3n) is 7.34. The highest BCUT2D eigenvalue weighted by atomic mass is 28.4. The van der Waals surface area contributed by atoms with E-state index in [-0.39, 0.29) is 48.0 Å². The van der Waals surface area contributed by atoms with Gasteiger partial charge in [-0.05, 0) is 34.1 Å². The van der Waals surface area contributed by atoms with Crippen molar-refractivity contribution in [2.75, 3.05) is 46.7 Å². The lowest BCUT2D eigenvalue weighted by atomic mass is 9.83. The zero-order valence-electron chi connectivity index (χ0n) is 22.1. The maximum atomic E-state index is 13.8. The summed E-state index contributed by atoms with van der Waals surface area (Å²) in [5.41, 5.74) is 4.98. The van der Waals surface area contributed by atoms with Crippen molar-refractivity contribution in [2.24, 2.45) is 11.7 Å². The smallest absolute Gasteiger partial charge is 0.489 e. The van der Waals surface area contributed by atoms with Crippen LogP contribution < -0.4 is 11.1 Å². The molecule has 0 bridgehead atoms. The minimum atomic E-state index is -2.86. The van der Waals surface area contributed by atoms with Crippen molar-refractivity contribution in [3.05, 3.63) is 22.6 Å². The Kier molecular flexibility index (Phi) is 8.12. The Hall–Kier alpha value is -2.29. The fraction of sp³-hybridized carbons (Fsp3) is 0.708. The van der Waals surface area contributed by atoms with Gasteiger partial charge in [-0.2, -0.15) is 0 Å². The number of primary amides is 1. The van der Waals surface area contributed by atoms with E-state index in [0.717, 1.165) is 0 Å². The number of piperazine rings is 1. The van der Waals surface area contributed by atoms with Crippen molar-refractivity contribution < 1.29 is 41.9 Å². The van der Waals surface area contributed by atoms with Gasteiger partial charge in [0.1, 0.15) is 6.61 Å². The molecule has 37 heavy (non-hydrogen) atoms. The minimum absolute atomic E-state index is 0.00273. The average Bonchev–Trinajstić information content (AvgIpc) is 3.47. The van der Waals surface area contributed by atoms with Gasteiger partial charge < -0.3 is 43.4 Å². The largest absolute Gasteiger partial charge is 0.501 e. The first kappa shape index (κ1) is 27.7. The third-order valence-corrected chi connectivity index (χ3v) is 10.5. The molecule has 206 valence electrons. The average molecular weight is 540 g/mol. The Labute approximate surface area is 217 Å². The standard InChI is InChI=1S/C24H37N3O9Si/c1-6-34-37(35-7-2,36-8-3)11-9-10-32-21-14(4)19(28)18-17(20(21)29)15(13-33-23(25)30)24(31-5)22-16(26-22)12-27(18)24/h15-16,22,26H,6-13H2,1-5H3,(H2,25,30). The number of Topliss-reactive ketones (excluding diaryl/α,β-unsaturated/α-hetero) is 2. The van der Waals surface area contributed by atoms with Crippen molar-refractivity contribution in [1.29, 1.82) is 0 Å². The van der Waals surface area contributed by atoms with Crippen LogP contribution in [0, 0.1) is 5.92 Å². The van der Waals surface area contributed by atoms with Gasteiger partial charge in [0.05, 0.1) is 24.3 Å². The molecule has 1 amide bonds. The van der Waals surface area contributed by atoms with Crippen LogP contribution in [0.15, 0.2) is 22.6 Å².